The second kappa shape index (κ2) is 9.13. The molecule has 0 aromatic rings. The molecule has 31 heavy (non-hydrogen) atoms. The van der Waals surface area contributed by atoms with Gasteiger partial charge in [-0.15, -0.1) is 0 Å². The Morgan fingerprint density at radius 1 is 1.03 bits per heavy atom. The Bertz CT molecular complexity index is 653. The molecule has 0 amide bonds. The first-order valence-corrected chi connectivity index (χ1v) is 13.7. The van der Waals surface area contributed by atoms with E-state index in [0.29, 0.717) is 17.9 Å². The summed E-state index contributed by atoms with van der Waals surface area (Å²) in [5, 5.41) is 20.9. The van der Waals surface area contributed by atoms with Crippen LogP contribution in [0.15, 0.2) is 11.6 Å². The molecular formula is C29H50O2. The minimum absolute atomic E-state index is 0.0151. The first-order valence-electron chi connectivity index (χ1n) is 13.7. The molecule has 0 radical (unpaired) electrons. The Kier molecular flexibility index (Phi) is 7.01. The minimum Gasteiger partial charge on any atom is -0.395 e. The number of aliphatic hydroxyl groups excluding tert-OH is 2. The number of aliphatic hydroxyl groups is 2. The van der Waals surface area contributed by atoms with Crippen molar-refractivity contribution in [3.05, 3.63) is 11.6 Å². The minimum atomic E-state index is -0.189. The lowest BCUT2D eigenvalue weighted by Crippen LogP contribution is -2.53. The van der Waals surface area contributed by atoms with Crippen LogP contribution in [-0.4, -0.2) is 22.9 Å². The van der Waals surface area contributed by atoms with E-state index < -0.39 is 0 Å². The fraction of sp³-hybridized carbons (Fsp3) is 0.931. The zero-order valence-corrected chi connectivity index (χ0v) is 21.1. The van der Waals surface area contributed by atoms with Crippen LogP contribution in [0.1, 0.15) is 105 Å². The fourth-order valence-electron chi connectivity index (χ4n) is 9.39. The van der Waals surface area contributed by atoms with Gasteiger partial charge in [0, 0.05) is 5.41 Å². The first kappa shape index (κ1) is 23.8. The van der Waals surface area contributed by atoms with Crippen molar-refractivity contribution in [2.45, 2.75) is 111 Å². The zero-order chi connectivity index (χ0) is 22.4. The molecule has 4 aliphatic carbocycles. The first-order chi connectivity index (χ1) is 14.8. The quantitative estimate of drug-likeness (QED) is 0.427. The van der Waals surface area contributed by atoms with Crippen LogP contribution >= 0.6 is 0 Å². The highest BCUT2D eigenvalue weighted by Crippen LogP contribution is 2.67. The summed E-state index contributed by atoms with van der Waals surface area (Å²) in [6.45, 7) is 12.7. The average Bonchev–Trinajstić information content (AvgIpc) is 3.10. The topological polar surface area (TPSA) is 40.5 Å². The molecule has 0 spiro atoms. The van der Waals surface area contributed by atoms with Gasteiger partial charge in [-0.1, -0.05) is 59.1 Å². The number of hydrogen-bond acceptors (Lipinski definition) is 2. The lowest BCUT2D eigenvalue weighted by Gasteiger charge is -2.59. The van der Waals surface area contributed by atoms with E-state index >= 15 is 0 Å². The number of hydrogen-bond donors (Lipinski definition) is 2. The molecule has 2 N–H and O–H groups in total. The number of rotatable bonds is 7. The van der Waals surface area contributed by atoms with Crippen LogP contribution in [0.3, 0.4) is 0 Å². The molecule has 0 aliphatic heterocycles. The molecular weight excluding hydrogens is 380 g/mol. The van der Waals surface area contributed by atoms with Crippen molar-refractivity contribution in [3.8, 4) is 0 Å². The molecule has 0 heterocycles. The fourth-order valence-corrected chi connectivity index (χ4v) is 9.39. The summed E-state index contributed by atoms with van der Waals surface area (Å²) >= 11 is 0. The van der Waals surface area contributed by atoms with Gasteiger partial charge in [0.1, 0.15) is 0 Å². The molecule has 3 saturated carbocycles. The second-order valence-corrected chi connectivity index (χ2v) is 12.7. The van der Waals surface area contributed by atoms with Gasteiger partial charge < -0.3 is 10.2 Å². The molecule has 0 saturated heterocycles. The predicted octanol–water partition coefficient (Wildman–Crippen LogP) is 7.00. The van der Waals surface area contributed by atoms with E-state index in [9.17, 15) is 10.2 Å². The third kappa shape index (κ3) is 3.96. The van der Waals surface area contributed by atoms with E-state index in [4.69, 9.17) is 0 Å². The van der Waals surface area contributed by atoms with Gasteiger partial charge in [-0.25, -0.2) is 0 Å². The lowest BCUT2D eigenvalue weighted by atomic mass is 9.46. The Morgan fingerprint density at radius 2 is 1.81 bits per heavy atom. The van der Waals surface area contributed by atoms with Crippen molar-refractivity contribution >= 4 is 0 Å². The third-order valence-electron chi connectivity index (χ3n) is 11.3. The number of allylic oxidation sites excluding steroid dienone is 1. The van der Waals surface area contributed by atoms with Crippen molar-refractivity contribution in [3.63, 3.8) is 0 Å². The molecule has 3 fully saturated rings. The monoisotopic (exact) mass is 430 g/mol. The van der Waals surface area contributed by atoms with Crippen molar-refractivity contribution in [1.29, 1.82) is 0 Å². The van der Waals surface area contributed by atoms with Crippen LogP contribution in [0.2, 0.25) is 0 Å². The average molecular weight is 431 g/mol. The summed E-state index contributed by atoms with van der Waals surface area (Å²) in [5.74, 6) is 5.64. The molecule has 2 nitrogen and oxygen atoms in total. The maximum atomic E-state index is 10.6. The predicted molar refractivity (Wildman–Crippen MR) is 130 cm³/mol. The Morgan fingerprint density at radius 3 is 2.48 bits per heavy atom. The van der Waals surface area contributed by atoms with Crippen LogP contribution in [-0.2, 0) is 0 Å². The van der Waals surface area contributed by atoms with Crippen LogP contribution in [0.25, 0.3) is 0 Å². The molecule has 0 aromatic heterocycles. The van der Waals surface area contributed by atoms with E-state index in [1.165, 1.54) is 56.9 Å². The van der Waals surface area contributed by atoms with Gasteiger partial charge >= 0.3 is 0 Å². The summed E-state index contributed by atoms with van der Waals surface area (Å²) in [6, 6.07) is 0. The summed E-state index contributed by atoms with van der Waals surface area (Å²) < 4.78 is 0. The summed E-state index contributed by atoms with van der Waals surface area (Å²) in [5.41, 5.74) is 1.88. The largest absolute Gasteiger partial charge is 0.395 e. The summed E-state index contributed by atoms with van der Waals surface area (Å²) in [4.78, 5) is 0. The molecule has 4 rings (SSSR count). The third-order valence-corrected chi connectivity index (χ3v) is 11.3. The zero-order valence-electron chi connectivity index (χ0n) is 21.1. The van der Waals surface area contributed by atoms with E-state index in [2.05, 4.69) is 40.7 Å². The highest BCUT2D eigenvalue weighted by molar-refractivity contribution is 5.26. The normalized spacial score (nSPS) is 44.3. The molecule has 0 unspecified atom stereocenters. The van der Waals surface area contributed by atoms with Gasteiger partial charge in [0.05, 0.1) is 12.7 Å². The van der Waals surface area contributed by atoms with Crippen LogP contribution < -0.4 is 0 Å². The molecule has 9 atom stereocenters. The van der Waals surface area contributed by atoms with Gasteiger partial charge in [-0.05, 0) is 105 Å². The van der Waals surface area contributed by atoms with Crippen molar-refractivity contribution in [2.75, 3.05) is 6.61 Å². The molecule has 0 bridgehead atoms. The van der Waals surface area contributed by atoms with E-state index in [1.807, 2.05) is 0 Å². The smallest absolute Gasteiger partial charge is 0.0577 e. The Balaban J connectivity index is 1.50. The molecule has 178 valence electrons. The van der Waals surface area contributed by atoms with Crippen LogP contribution in [0, 0.1) is 52.3 Å². The van der Waals surface area contributed by atoms with E-state index in [-0.39, 0.29) is 11.5 Å². The van der Waals surface area contributed by atoms with Crippen molar-refractivity contribution < 1.29 is 10.2 Å². The second-order valence-electron chi connectivity index (χ2n) is 12.7. The SMILES string of the molecule is CC[C@@H](CC[C@@H](C)[C@H]1CC[C@@H]2[C@@H]3CC=C4C[C@@H](O)CC[C@]4(CO)[C@@H]3CC[C@@]21C)C(C)C. The lowest BCUT2D eigenvalue weighted by molar-refractivity contribution is -0.0797. The maximum absolute atomic E-state index is 10.6. The van der Waals surface area contributed by atoms with Gasteiger partial charge in [0.25, 0.3) is 0 Å². The summed E-state index contributed by atoms with van der Waals surface area (Å²) in [7, 11) is 0. The van der Waals surface area contributed by atoms with Gasteiger partial charge in [0.2, 0.25) is 0 Å². The molecule has 2 heteroatoms. The molecule has 4 aliphatic rings. The van der Waals surface area contributed by atoms with Gasteiger partial charge in [-0.3, -0.25) is 0 Å². The standard InChI is InChI=1S/C29H50O2/c1-6-21(19(2)3)8-7-20(4)25-11-12-26-24-10-9-22-17-23(31)13-16-29(22,18-30)27(24)14-15-28(25,26)5/h9,19-21,23-27,30-31H,6-8,10-18H2,1-5H3/t20-,21+,23+,24+,25-,26-,27-,28-,29-/m1/s1. The van der Waals surface area contributed by atoms with Crippen molar-refractivity contribution in [1.82, 2.24) is 0 Å². The Hall–Kier alpha value is -0.340. The summed E-state index contributed by atoms with van der Waals surface area (Å²) in [6.07, 6.45) is 15.7. The highest BCUT2D eigenvalue weighted by atomic mass is 16.3. The van der Waals surface area contributed by atoms with Crippen molar-refractivity contribution in [2.24, 2.45) is 52.3 Å². The molecule has 0 aromatic carbocycles. The van der Waals surface area contributed by atoms with Gasteiger partial charge in [0.15, 0.2) is 0 Å². The van der Waals surface area contributed by atoms with Crippen LogP contribution in [0.5, 0.6) is 0 Å². The van der Waals surface area contributed by atoms with Crippen LogP contribution in [0.4, 0.5) is 0 Å². The Labute approximate surface area is 192 Å². The van der Waals surface area contributed by atoms with E-state index in [0.717, 1.165) is 54.8 Å². The van der Waals surface area contributed by atoms with E-state index in [1.54, 1.807) is 0 Å². The highest BCUT2D eigenvalue weighted by Gasteiger charge is 2.60. The van der Waals surface area contributed by atoms with Gasteiger partial charge in [-0.2, -0.15) is 0 Å². The maximum Gasteiger partial charge on any atom is 0.0577 e. The number of fused-ring (bicyclic) bond motifs is 5.